The molecule has 2 aromatic carbocycles. The lowest BCUT2D eigenvalue weighted by Gasteiger charge is -2.26. The SMILES string of the molecule is CN=C(NCc1nccn1CCc1ccccc1)NCC(C)(C)c1cccc(F)c1. The zero-order chi connectivity index (χ0) is 21.4. The number of imidazole rings is 1. The number of aliphatic imine (C=N–C) groups is 1. The van der Waals surface area contributed by atoms with E-state index in [0.29, 0.717) is 19.0 Å². The van der Waals surface area contributed by atoms with Crippen LogP contribution in [0.5, 0.6) is 0 Å². The first-order valence-corrected chi connectivity index (χ1v) is 10.2. The Morgan fingerprint density at radius 3 is 2.63 bits per heavy atom. The molecule has 0 saturated carbocycles. The minimum atomic E-state index is -0.242. The number of guanidine groups is 1. The Hall–Kier alpha value is -3.15. The standard InChI is InChI=1S/C24H30FN5/c1-24(2,20-10-7-11-21(25)16-20)18-29-23(26-3)28-17-22-27-13-15-30(22)14-12-19-8-5-4-6-9-19/h4-11,13,15-16H,12,14,17-18H2,1-3H3,(H2,26,28,29). The van der Waals surface area contributed by atoms with Gasteiger partial charge in [-0.25, -0.2) is 9.37 Å². The maximum Gasteiger partial charge on any atom is 0.191 e. The van der Waals surface area contributed by atoms with Gasteiger partial charge in [0.2, 0.25) is 0 Å². The van der Waals surface area contributed by atoms with Gasteiger partial charge in [0.25, 0.3) is 0 Å². The van der Waals surface area contributed by atoms with E-state index in [-0.39, 0.29) is 11.2 Å². The molecule has 0 fully saturated rings. The average Bonchev–Trinajstić information content (AvgIpc) is 3.20. The van der Waals surface area contributed by atoms with Crippen LogP contribution in [0.4, 0.5) is 4.39 Å². The molecular weight excluding hydrogens is 377 g/mol. The second-order valence-electron chi connectivity index (χ2n) is 7.95. The van der Waals surface area contributed by atoms with Crippen LogP contribution < -0.4 is 10.6 Å². The summed E-state index contributed by atoms with van der Waals surface area (Å²) in [6, 6.07) is 17.2. The van der Waals surface area contributed by atoms with E-state index < -0.39 is 0 Å². The Balaban J connectivity index is 1.53. The number of nitrogens with one attached hydrogen (secondary N) is 2. The molecule has 0 aliphatic heterocycles. The van der Waals surface area contributed by atoms with Crippen molar-refractivity contribution in [3.05, 3.63) is 89.8 Å². The van der Waals surface area contributed by atoms with Crippen LogP contribution in [-0.2, 0) is 24.9 Å². The van der Waals surface area contributed by atoms with Crippen LogP contribution in [0, 0.1) is 5.82 Å². The molecule has 0 amide bonds. The number of hydrogen-bond acceptors (Lipinski definition) is 2. The Labute approximate surface area is 178 Å². The topological polar surface area (TPSA) is 54.2 Å². The summed E-state index contributed by atoms with van der Waals surface area (Å²) in [7, 11) is 1.74. The maximum absolute atomic E-state index is 13.6. The number of benzene rings is 2. The Kier molecular flexibility index (Phi) is 7.22. The summed E-state index contributed by atoms with van der Waals surface area (Å²) in [5.41, 5.74) is 2.01. The lowest BCUT2D eigenvalue weighted by Crippen LogP contribution is -2.43. The minimum Gasteiger partial charge on any atom is -0.356 e. The molecule has 3 aromatic rings. The third-order valence-electron chi connectivity index (χ3n) is 5.23. The molecule has 0 saturated heterocycles. The van der Waals surface area contributed by atoms with Gasteiger partial charge in [0, 0.05) is 37.9 Å². The van der Waals surface area contributed by atoms with Crippen molar-refractivity contribution in [1.82, 2.24) is 20.2 Å². The molecule has 2 N–H and O–H groups in total. The van der Waals surface area contributed by atoms with E-state index in [1.807, 2.05) is 24.5 Å². The summed E-state index contributed by atoms with van der Waals surface area (Å²) >= 11 is 0. The van der Waals surface area contributed by atoms with Gasteiger partial charge in [0.1, 0.15) is 11.6 Å². The second-order valence-corrected chi connectivity index (χ2v) is 7.95. The van der Waals surface area contributed by atoms with E-state index >= 15 is 0 Å². The fourth-order valence-electron chi connectivity index (χ4n) is 3.30. The third kappa shape index (κ3) is 5.92. The quantitative estimate of drug-likeness (QED) is 0.440. The van der Waals surface area contributed by atoms with E-state index in [9.17, 15) is 4.39 Å². The molecule has 1 heterocycles. The van der Waals surface area contributed by atoms with Crippen LogP contribution in [0.3, 0.4) is 0 Å². The predicted octanol–water partition coefficient (Wildman–Crippen LogP) is 3.91. The molecule has 0 spiro atoms. The molecule has 0 aliphatic rings. The molecule has 5 nitrogen and oxygen atoms in total. The van der Waals surface area contributed by atoms with E-state index in [1.54, 1.807) is 19.2 Å². The molecule has 0 bridgehead atoms. The number of rotatable bonds is 8. The minimum absolute atomic E-state index is 0.217. The molecule has 3 rings (SSSR count). The molecule has 0 radical (unpaired) electrons. The first kappa shape index (κ1) is 21.6. The molecular formula is C24H30FN5. The van der Waals surface area contributed by atoms with E-state index in [0.717, 1.165) is 24.4 Å². The van der Waals surface area contributed by atoms with Gasteiger partial charge in [0.15, 0.2) is 5.96 Å². The first-order valence-electron chi connectivity index (χ1n) is 10.2. The molecule has 30 heavy (non-hydrogen) atoms. The molecule has 158 valence electrons. The number of aryl methyl sites for hydroxylation is 2. The van der Waals surface area contributed by atoms with Gasteiger partial charge in [-0.2, -0.15) is 0 Å². The van der Waals surface area contributed by atoms with E-state index in [2.05, 4.69) is 63.3 Å². The average molecular weight is 408 g/mol. The Morgan fingerprint density at radius 2 is 1.90 bits per heavy atom. The van der Waals surface area contributed by atoms with Crippen molar-refractivity contribution in [2.45, 2.75) is 38.8 Å². The first-order chi connectivity index (χ1) is 14.5. The van der Waals surface area contributed by atoms with Crippen molar-refractivity contribution >= 4 is 5.96 Å². The third-order valence-corrected chi connectivity index (χ3v) is 5.23. The summed E-state index contributed by atoms with van der Waals surface area (Å²) in [6.45, 7) is 6.23. The zero-order valence-corrected chi connectivity index (χ0v) is 17.9. The highest BCUT2D eigenvalue weighted by molar-refractivity contribution is 5.79. The highest BCUT2D eigenvalue weighted by Crippen LogP contribution is 2.22. The van der Waals surface area contributed by atoms with Gasteiger partial charge < -0.3 is 15.2 Å². The number of hydrogen-bond donors (Lipinski definition) is 2. The van der Waals surface area contributed by atoms with Crippen LogP contribution in [0.2, 0.25) is 0 Å². The Bertz CT molecular complexity index is 962. The molecule has 1 aromatic heterocycles. The lowest BCUT2D eigenvalue weighted by atomic mass is 9.84. The summed E-state index contributed by atoms with van der Waals surface area (Å²) < 4.78 is 15.7. The maximum atomic E-state index is 13.6. The fourth-order valence-corrected chi connectivity index (χ4v) is 3.30. The van der Waals surface area contributed by atoms with Gasteiger partial charge >= 0.3 is 0 Å². The van der Waals surface area contributed by atoms with Crippen LogP contribution in [0.1, 0.15) is 30.8 Å². The van der Waals surface area contributed by atoms with Gasteiger partial charge in [0.05, 0.1) is 6.54 Å². The summed E-state index contributed by atoms with van der Waals surface area (Å²) in [6.07, 6.45) is 4.79. The van der Waals surface area contributed by atoms with Crippen molar-refractivity contribution in [2.24, 2.45) is 4.99 Å². The largest absolute Gasteiger partial charge is 0.356 e. The second kappa shape index (κ2) is 10.1. The lowest BCUT2D eigenvalue weighted by molar-refractivity contribution is 0.502. The number of aromatic nitrogens is 2. The van der Waals surface area contributed by atoms with Gasteiger partial charge in [-0.15, -0.1) is 0 Å². The molecule has 0 atom stereocenters. The van der Waals surface area contributed by atoms with Gasteiger partial charge in [-0.3, -0.25) is 4.99 Å². The molecule has 0 aliphatic carbocycles. The summed E-state index contributed by atoms with van der Waals surface area (Å²) in [5, 5.41) is 6.67. The van der Waals surface area contributed by atoms with E-state index in [4.69, 9.17) is 0 Å². The van der Waals surface area contributed by atoms with Crippen molar-refractivity contribution in [1.29, 1.82) is 0 Å². The summed E-state index contributed by atoms with van der Waals surface area (Å²) in [4.78, 5) is 8.79. The predicted molar refractivity (Wildman–Crippen MR) is 120 cm³/mol. The molecule has 0 unspecified atom stereocenters. The van der Waals surface area contributed by atoms with E-state index in [1.165, 1.54) is 11.6 Å². The van der Waals surface area contributed by atoms with Crippen molar-refractivity contribution in [3.8, 4) is 0 Å². The molecule has 6 heteroatoms. The summed E-state index contributed by atoms with van der Waals surface area (Å²) in [5.74, 6) is 1.43. The van der Waals surface area contributed by atoms with Gasteiger partial charge in [-0.1, -0.05) is 56.3 Å². The highest BCUT2D eigenvalue weighted by atomic mass is 19.1. The number of nitrogens with zero attached hydrogens (tertiary/aromatic N) is 3. The van der Waals surface area contributed by atoms with Crippen molar-refractivity contribution in [2.75, 3.05) is 13.6 Å². The smallest absolute Gasteiger partial charge is 0.191 e. The zero-order valence-electron chi connectivity index (χ0n) is 17.9. The van der Waals surface area contributed by atoms with Gasteiger partial charge in [-0.05, 0) is 29.7 Å². The van der Waals surface area contributed by atoms with Crippen molar-refractivity contribution < 1.29 is 4.39 Å². The van der Waals surface area contributed by atoms with Crippen LogP contribution in [0.15, 0.2) is 72.0 Å². The van der Waals surface area contributed by atoms with Crippen molar-refractivity contribution in [3.63, 3.8) is 0 Å². The normalized spacial score (nSPS) is 12.1. The highest BCUT2D eigenvalue weighted by Gasteiger charge is 2.21. The number of halogens is 1. The monoisotopic (exact) mass is 407 g/mol. The Morgan fingerprint density at radius 1 is 1.10 bits per heavy atom. The van der Waals surface area contributed by atoms with Crippen LogP contribution in [0.25, 0.3) is 0 Å². The van der Waals surface area contributed by atoms with Crippen LogP contribution >= 0.6 is 0 Å². The fraction of sp³-hybridized carbons (Fsp3) is 0.333. The van der Waals surface area contributed by atoms with Crippen LogP contribution in [-0.4, -0.2) is 29.1 Å².